The van der Waals surface area contributed by atoms with Gasteiger partial charge in [0.05, 0.1) is 12.3 Å². The number of rotatable bonds is 8. The summed E-state index contributed by atoms with van der Waals surface area (Å²) >= 11 is 0. The molecule has 0 radical (unpaired) electrons. The van der Waals surface area contributed by atoms with Gasteiger partial charge in [-0.2, -0.15) is 0 Å². The first kappa shape index (κ1) is 19.5. The molecule has 0 saturated heterocycles. The van der Waals surface area contributed by atoms with Gasteiger partial charge in [0, 0.05) is 18.7 Å². The van der Waals surface area contributed by atoms with Crippen LogP contribution < -0.4 is 19.7 Å². The minimum Gasteiger partial charge on any atom is -0.494 e. The fourth-order valence-electron chi connectivity index (χ4n) is 2.97. The topological polar surface area (TPSA) is 67.9 Å². The van der Waals surface area contributed by atoms with Crippen molar-refractivity contribution in [1.82, 2.24) is 0 Å². The molecule has 2 aromatic rings. The maximum absolute atomic E-state index is 12.4. The molecule has 0 aliphatic carbocycles. The van der Waals surface area contributed by atoms with Crippen molar-refractivity contribution in [3.63, 3.8) is 0 Å². The molecule has 0 saturated carbocycles. The molecule has 1 aliphatic rings. The van der Waals surface area contributed by atoms with Crippen LogP contribution >= 0.6 is 0 Å². The van der Waals surface area contributed by atoms with Crippen molar-refractivity contribution < 1.29 is 19.1 Å². The molecule has 1 aliphatic heterocycles. The first-order valence-electron chi connectivity index (χ1n) is 9.29. The second kappa shape index (κ2) is 9.08. The Kier molecular flexibility index (Phi) is 6.32. The maximum Gasteiger partial charge on any atom is 0.268 e. The van der Waals surface area contributed by atoms with Crippen LogP contribution in [0.2, 0.25) is 0 Å². The van der Waals surface area contributed by atoms with Crippen molar-refractivity contribution in [2.75, 3.05) is 23.4 Å². The summed E-state index contributed by atoms with van der Waals surface area (Å²) in [5.74, 6) is 1.17. The molecule has 6 nitrogen and oxygen atoms in total. The first-order valence-corrected chi connectivity index (χ1v) is 9.29. The lowest BCUT2D eigenvalue weighted by Gasteiger charge is -2.32. The van der Waals surface area contributed by atoms with Gasteiger partial charge in [0.2, 0.25) is 5.91 Å². The van der Waals surface area contributed by atoms with Crippen molar-refractivity contribution >= 4 is 23.2 Å². The van der Waals surface area contributed by atoms with Gasteiger partial charge in [0.25, 0.3) is 5.91 Å². The maximum atomic E-state index is 12.4. The summed E-state index contributed by atoms with van der Waals surface area (Å²) in [4.78, 5) is 26.2. The number of hydrogen-bond donors (Lipinski definition) is 1. The summed E-state index contributed by atoms with van der Waals surface area (Å²) in [5.41, 5.74) is 1.25. The zero-order valence-electron chi connectivity index (χ0n) is 15.9. The third-order valence-electron chi connectivity index (χ3n) is 4.32. The van der Waals surface area contributed by atoms with Crippen molar-refractivity contribution in [1.29, 1.82) is 0 Å². The third-order valence-corrected chi connectivity index (χ3v) is 4.32. The number of ether oxygens (including phenoxy) is 2. The van der Waals surface area contributed by atoms with E-state index in [9.17, 15) is 9.59 Å². The number of fused-ring (bicyclic) bond motifs is 1. The lowest BCUT2D eigenvalue weighted by Crippen LogP contribution is -2.44. The lowest BCUT2D eigenvalue weighted by molar-refractivity contribution is -0.125. The van der Waals surface area contributed by atoms with E-state index in [1.165, 1.54) is 0 Å². The molecule has 2 aromatic carbocycles. The Balaban J connectivity index is 1.56. The van der Waals surface area contributed by atoms with E-state index in [0.29, 0.717) is 43.1 Å². The number of anilines is 2. The fourth-order valence-corrected chi connectivity index (χ4v) is 2.97. The molecule has 0 fully saturated rings. The number of nitrogens with one attached hydrogen (secondary N) is 1. The summed E-state index contributed by atoms with van der Waals surface area (Å²) in [6.45, 7) is 6.27. The lowest BCUT2D eigenvalue weighted by atomic mass is 10.1. The highest BCUT2D eigenvalue weighted by Crippen LogP contribution is 2.36. The number of carbonyl (C=O) groups excluding carboxylic acids is 2. The Bertz CT molecular complexity index is 851. The zero-order valence-corrected chi connectivity index (χ0v) is 15.9. The Morgan fingerprint density at radius 3 is 2.82 bits per heavy atom. The van der Waals surface area contributed by atoms with Crippen LogP contribution in [0, 0.1) is 0 Å². The molecule has 0 aromatic heterocycles. The van der Waals surface area contributed by atoms with Gasteiger partial charge in [0.15, 0.2) is 6.10 Å². The smallest absolute Gasteiger partial charge is 0.268 e. The number of nitrogens with zero attached hydrogens (tertiary/aromatic N) is 1. The Morgan fingerprint density at radius 2 is 2.07 bits per heavy atom. The van der Waals surface area contributed by atoms with E-state index < -0.39 is 6.10 Å². The normalized spacial score (nSPS) is 15.4. The van der Waals surface area contributed by atoms with Gasteiger partial charge < -0.3 is 19.7 Å². The van der Waals surface area contributed by atoms with E-state index in [4.69, 9.17) is 9.47 Å². The van der Waals surface area contributed by atoms with Gasteiger partial charge in [-0.1, -0.05) is 24.3 Å². The predicted octanol–water partition coefficient (Wildman–Crippen LogP) is 3.78. The van der Waals surface area contributed by atoms with Crippen molar-refractivity contribution in [2.24, 2.45) is 0 Å². The van der Waals surface area contributed by atoms with Crippen molar-refractivity contribution in [3.05, 3.63) is 61.2 Å². The molecule has 146 valence electrons. The molecule has 6 heteroatoms. The highest BCUT2D eigenvalue weighted by Gasteiger charge is 2.30. The van der Waals surface area contributed by atoms with Crippen LogP contribution in [-0.2, 0) is 9.59 Å². The van der Waals surface area contributed by atoms with Crippen LogP contribution in [0.4, 0.5) is 11.4 Å². The van der Waals surface area contributed by atoms with E-state index in [1.807, 2.05) is 30.3 Å². The highest BCUT2D eigenvalue weighted by molar-refractivity contribution is 6.01. The molecule has 0 bridgehead atoms. The van der Waals surface area contributed by atoms with Crippen molar-refractivity contribution in [3.8, 4) is 11.5 Å². The molecular formula is C22H24N2O4. The van der Waals surface area contributed by atoms with Crippen LogP contribution in [-0.4, -0.2) is 31.1 Å². The molecule has 28 heavy (non-hydrogen) atoms. The number of carbonyl (C=O) groups is 2. The van der Waals surface area contributed by atoms with Gasteiger partial charge in [-0.25, -0.2) is 0 Å². The third kappa shape index (κ3) is 4.71. The summed E-state index contributed by atoms with van der Waals surface area (Å²) in [7, 11) is 0. The Hall–Kier alpha value is -3.28. The van der Waals surface area contributed by atoms with Gasteiger partial charge in [0.1, 0.15) is 11.5 Å². The second-order valence-electron chi connectivity index (χ2n) is 6.49. The molecule has 0 spiro atoms. The van der Waals surface area contributed by atoms with Crippen molar-refractivity contribution in [2.45, 2.75) is 25.9 Å². The summed E-state index contributed by atoms with van der Waals surface area (Å²) in [5, 5.41) is 2.87. The Labute approximate surface area is 164 Å². The van der Waals surface area contributed by atoms with Crippen LogP contribution in [0.15, 0.2) is 61.2 Å². The highest BCUT2D eigenvalue weighted by atomic mass is 16.5. The Morgan fingerprint density at radius 1 is 1.29 bits per heavy atom. The molecule has 3 rings (SSSR count). The minimum absolute atomic E-state index is 0.108. The quantitative estimate of drug-likeness (QED) is 0.559. The van der Waals surface area contributed by atoms with Gasteiger partial charge in [-0.3, -0.25) is 9.59 Å². The van der Waals surface area contributed by atoms with E-state index in [2.05, 4.69) is 11.9 Å². The van der Waals surface area contributed by atoms with E-state index in [1.54, 1.807) is 36.1 Å². The van der Waals surface area contributed by atoms with Gasteiger partial charge >= 0.3 is 0 Å². The monoisotopic (exact) mass is 380 g/mol. The van der Waals surface area contributed by atoms with Gasteiger partial charge in [-0.05, 0) is 43.7 Å². The van der Waals surface area contributed by atoms with E-state index >= 15 is 0 Å². The number of hydrogen-bond acceptors (Lipinski definition) is 4. The van der Waals surface area contributed by atoms with E-state index in [-0.39, 0.29) is 11.8 Å². The van der Waals surface area contributed by atoms with Gasteiger partial charge in [-0.15, -0.1) is 6.58 Å². The molecule has 1 unspecified atom stereocenters. The predicted molar refractivity (Wildman–Crippen MR) is 109 cm³/mol. The first-order chi connectivity index (χ1) is 13.6. The number of benzene rings is 2. The largest absolute Gasteiger partial charge is 0.494 e. The second-order valence-corrected chi connectivity index (χ2v) is 6.49. The fraction of sp³-hybridized carbons (Fsp3) is 0.273. The average molecular weight is 380 g/mol. The standard InChI is InChI=1S/C22H24N2O4/c1-3-13-24-19-15-17(11-12-20(19)28-16(2)22(24)26)23-21(25)10-7-14-27-18-8-5-4-6-9-18/h3-6,8-9,11-12,15-16H,1,7,10,13-14H2,2H3,(H,23,25). The molecular weight excluding hydrogens is 356 g/mol. The zero-order chi connectivity index (χ0) is 19.9. The minimum atomic E-state index is -0.544. The van der Waals surface area contributed by atoms with Crippen LogP contribution in [0.3, 0.4) is 0 Å². The molecule has 1 atom stereocenters. The SMILES string of the molecule is C=CCN1C(=O)C(C)Oc2ccc(NC(=O)CCCOc3ccccc3)cc21. The summed E-state index contributed by atoms with van der Waals surface area (Å²) in [6.07, 6.45) is 2.06. The van der Waals surface area contributed by atoms with Crippen LogP contribution in [0.25, 0.3) is 0 Å². The van der Waals surface area contributed by atoms with Crippen LogP contribution in [0.1, 0.15) is 19.8 Å². The molecule has 2 amide bonds. The molecule has 1 heterocycles. The summed E-state index contributed by atoms with van der Waals surface area (Å²) < 4.78 is 11.2. The average Bonchev–Trinajstić information content (AvgIpc) is 2.70. The summed E-state index contributed by atoms with van der Waals surface area (Å²) in [6, 6.07) is 14.8. The molecule has 1 N–H and O–H groups in total. The number of amides is 2. The number of para-hydroxylation sites is 1. The van der Waals surface area contributed by atoms with Crippen LogP contribution in [0.5, 0.6) is 11.5 Å². The van der Waals surface area contributed by atoms with E-state index in [0.717, 1.165) is 5.75 Å².